The highest BCUT2D eigenvalue weighted by Crippen LogP contribution is 2.20. The number of hydrogen-bond acceptors (Lipinski definition) is 6. The maximum atomic E-state index is 6.10. The summed E-state index contributed by atoms with van der Waals surface area (Å²) in [5.41, 5.74) is 7.12. The van der Waals surface area contributed by atoms with Crippen molar-refractivity contribution < 1.29 is 4.52 Å². The van der Waals surface area contributed by atoms with E-state index in [9.17, 15) is 0 Å². The van der Waals surface area contributed by atoms with Crippen molar-refractivity contribution >= 4 is 11.3 Å². The number of thiophene rings is 1. The summed E-state index contributed by atoms with van der Waals surface area (Å²) in [5.74, 6) is 1.94. The van der Waals surface area contributed by atoms with E-state index in [1.54, 1.807) is 11.3 Å². The molecule has 19 heavy (non-hydrogen) atoms. The molecule has 0 radical (unpaired) electrons. The second-order valence-corrected chi connectivity index (χ2v) is 5.97. The maximum Gasteiger partial charge on any atom is 0.241 e. The molecule has 2 atom stereocenters. The van der Waals surface area contributed by atoms with Crippen LogP contribution in [0.4, 0.5) is 0 Å². The van der Waals surface area contributed by atoms with Gasteiger partial charge in [-0.25, -0.2) is 0 Å². The molecule has 0 saturated carbocycles. The number of hydrogen-bond donors (Lipinski definition) is 1. The maximum absolute atomic E-state index is 6.10. The molecule has 102 valence electrons. The number of piperidine rings is 1. The summed E-state index contributed by atoms with van der Waals surface area (Å²) >= 11 is 1.63. The van der Waals surface area contributed by atoms with Gasteiger partial charge in [0.1, 0.15) is 0 Å². The van der Waals surface area contributed by atoms with Crippen molar-refractivity contribution in [1.82, 2.24) is 15.0 Å². The monoisotopic (exact) mass is 278 g/mol. The van der Waals surface area contributed by atoms with Crippen molar-refractivity contribution in [3.05, 3.63) is 22.7 Å². The molecule has 0 spiro atoms. The molecule has 1 aliphatic rings. The van der Waals surface area contributed by atoms with E-state index in [-0.39, 0.29) is 6.04 Å². The Bertz CT molecular complexity index is 524. The predicted molar refractivity (Wildman–Crippen MR) is 74.6 cm³/mol. The molecule has 0 aliphatic carbocycles. The Balaban J connectivity index is 1.64. The first-order valence-corrected chi connectivity index (χ1v) is 7.50. The zero-order valence-electron chi connectivity index (χ0n) is 11.0. The summed E-state index contributed by atoms with van der Waals surface area (Å²) in [5, 5.41) is 8.05. The average molecular weight is 278 g/mol. The Labute approximate surface area is 116 Å². The van der Waals surface area contributed by atoms with E-state index >= 15 is 0 Å². The van der Waals surface area contributed by atoms with E-state index in [2.05, 4.69) is 22.0 Å². The molecule has 3 heterocycles. The summed E-state index contributed by atoms with van der Waals surface area (Å²) < 4.78 is 5.31. The lowest BCUT2D eigenvalue weighted by atomic mass is 9.94. The van der Waals surface area contributed by atoms with Crippen LogP contribution in [0.25, 0.3) is 11.4 Å². The molecule has 1 fully saturated rings. The summed E-state index contributed by atoms with van der Waals surface area (Å²) in [7, 11) is 0. The van der Waals surface area contributed by atoms with E-state index < -0.39 is 0 Å². The molecule has 3 rings (SSSR count). The zero-order valence-corrected chi connectivity index (χ0v) is 11.8. The summed E-state index contributed by atoms with van der Waals surface area (Å²) in [6, 6.07) is 2.24. The standard InChI is InChI=1S/C13H18N4OS/c1-9-2-4-17(6-11(9)14)7-12-15-13(16-18-12)10-3-5-19-8-10/h3,5,8-9,11H,2,4,6-7,14H2,1H3. The molecule has 2 aromatic rings. The largest absolute Gasteiger partial charge is 0.338 e. The lowest BCUT2D eigenvalue weighted by Crippen LogP contribution is -2.47. The predicted octanol–water partition coefficient (Wildman–Crippen LogP) is 1.97. The van der Waals surface area contributed by atoms with Gasteiger partial charge in [0, 0.05) is 23.5 Å². The molecule has 2 unspecified atom stereocenters. The number of aromatic nitrogens is 2. The van der Waals surface area contributed by atoms with Gasteiger partial charge in [0.05, 0.1) is 6.54 Å². The first-order chi connectivity index (χ1) is 9.22. The van der Waals surface area contributed by atoms with E-state index in [4.69, 9.17) is 10.3 Å². The van der Waals surface area contributed by atoms with Crippen LogP contribution in [0.1, 0.15) is 19.2 Å². The topological polar surface area (TPSA) is 68.2 Å². The Morgan fingerprint density at radius 3 is 3.21 bits per heavy atom. The third kappa shape index (κ3) is 2.86. The Hall–Kier alpha value is -1.24. The Kier molecular flexibility index (Phi) is 3.63. The second kappa shape index (κ2) is 5.40. The molecular weight excluding hydrogens is 260 g/mol. The highest BCUT2D eigenvalue weighted by Gasteiger charge is 2.24. The quantitative estimate of drug-likeness (QED) is 0.929. The summed E-state index contributed by atoms with van der Waals surface area (Å²) in [6.07, 6.45) is 1.13. The van der Waals surface area contributed by atoms with Crippen LogP contribution in [0.3, 0.4) is 0 Å². The van der Waals surface area contributed by atoms with Crippen LogP contribution in [-0.2, 0) is 6.54 Å². The van der Waals surface area contributed by atoms with Gasteiger partial charge in [-0.2, -0.15) is 16.3 Å². The van der Waals surface area contributed by atoms with Crippen LogP contribution < -0.4 is 5.73 Å². The highest BCUT2D eigenvalue weighted by atomic mass is 32.1. The number of nitrogens with two attached hydrogens (primary N) is 1. The normalized spacial score (nSPS) is 24.7. The lowest BCUT2D eigenvalue weighted by Gasteiger charge is -2.34. The first kappa shape index (κ1) is 12.8. The molecular formula is C13H18N4OS. The van der Waals surface area contributed by atoms with E-state index in [1.807, 2.05) is 16.8 Å². The van der Waals surface area contributed by atoms with Gasteiger partial charge in [-0.1, -0.05) is 12.1 Å². The van der Waals surface area contributed by atoms with Gasteiger partial charge in [0.2, 0.25) is 11.7 Å². The number of nitrogens with zero attached hydrogens (tertiary/aromatic N) is 3. The fourth-order valence-electron chi connectivity index (χ4n) is 2.33. The highest BCUT2D eigenvalue weighted by molar-refractivity contribution is 7.08. The minimum Gasteiger partial charge on any atom is -0.338 e. The van der Waals surface area contributed by atoms with Crippen molar-refractivity contribution in [1.29, 1.82) is 0 Å². The minimum absolute atomic E-state index is 0.244. The van der Waals surface area contributed by atoms with Gasteiger partial charge in [0.25, 0.3) is 0 Å². The van der Waals surface area contributed by atoms with Crippen molar-refractivity contribution in [2.24, 2.45) is 11.7 Å². The van der Waals surface area contributed by atoms with E-state index in [0.29, 0.717) is 24.2 Å². The third-order valence-electron chi connectivity index (χ3n) is 3.71. The Morgan fingerprint density at radius 1 is 1.58 bits per heavy atom. The van der Waals surface area contributed by atoms with Crippen LogP contribution in [-0.4, -0.2) is 34.2 Å². The van der Waals surface area contributed by atoms with Gasteiger partial charge < -0.3 is 10.3 Å². The van der Waals surface area contributed by atoms with E-state index in [0.717, 1.165) is 25.1 Å². The SMILES string of the molecule is CC1CCN(Cc2nc(-c3ccsc3)no2)CC1N. The van der Waals surface area contributed by atoms with E-state index in [1.165, 1.54) is 0 Å². The lowest BCUT2D eigenvalue weighted by molar-refractivity contribution is 0.146. The molecule has 0 aromatic carbocycles. The average Bonchev–Trinajstić information content (AvgIpc) is 3.04. The van der Waals surface area contributed by atoms with Gasteiger partial charge in [0.15, 0.2) is 0 Å². The molecule has 2 N–H and O–H groups in total. The molecule has 1 saturated heterocycles. The van der Waals surface area contributed by atoms with Crippen molar-refractivity contribution in [3.63, 3.8) is 0 Å². The van der Waals surface area contributed by atoms with Gasteiger partial charge in [-0.05, 0) is 30.3 Å². The van der Waals surface area contributed by atoms with Crippen molar-refractivity contribution in [2.75, 3.05) is 13.1 Å². The third-order valence-corrected chi connectivity index (χ3v) is 4.39. The first-order valence-electron chi connectivity index (χ1n) is 6.55. The zero-order chi connectivity index (χ0) is 13.2. The minimum atomic E-state index is 0.244. The number of rotatable bonds is 3. The fraction of sp³-hybridized carbons (Fsp3) is 0.538. The smallest absolute Gasteiger partial charge is 0.241 e. The molecule has 0 bridgehead atoms. The van der Waals surface area contributed by atoms with Crippen molar-refractivity contribution in [3.8, 4) is 11.4 Å². The second-order valence-electron chi connectivity index (χ2n) is 5.19. The summed E-state index contributed by atoms with van der Waals surface area (Å²) in [4.78, 5) is 6.72. The van der Waals surface area contributed by atoms with Crippen LogP contribution in [0.2, 0.25) is 0 Å². The van der Waals surface area contributed by atoms with Gasteiger partial charge in [-0.3, -0.25) is 4.90 Å². The fourth-order valence-corrected chi connectivity index (χ4v) is 2.97. The molecule has 0 amide bonds. The van der Waals surface area contributed by atoms with Gasteiger partial charge >= 0.3 is 0 Å². The van der Waals surface area contributed by atoms with Gasteiger partial charge in [-0.15, -0.1) is 0 Å². The summed E-state index contributed by atoms with van der Waals surface area (Å²) in [6.45, 7) is 4.85. The van der Waals surface area contributed by atoms with Crippen LogP contribution in [0, 0.1) is 5.92 Å². The molecule has 6 heteroatoms. The number of likely N-dealkylation sites (tertiary alicyclic amines) is 1. The molecule has 5 nitrogen and oxygen atoms in total. The van der Waals surface area contributed by atoms with Crippen LogP contribution in [0.5, 0.6) is 0 Å². The Morgan fingerprint density at radius 2 is 2.47 bits per heavy atom. The van der Waals surface area contributed by atoms with Crippen molar-refractivity contribution in [2.45, 2.75) is 25.9 Å². The van der Waals surface area contributed by atoms with Crippen LogP contribution in [0.15, 0.2) is 21.3 Å². The molecule has 1 aliphatic heterocycles. The molecule has 2 aromatic heterocycles. The van der Waals surface area contributed by atoms with Crippen LogP contribution >= 0.6 is 11.3 Å².